The van der Waals surface area contributed by atoms with E-state index in [9.17, 15) is 13.5 Å². The summed E-state index contributed by atoms with van der Waals surface area (Å²) in [4.78, 5) is 34.5. The zero-order valence-corrected chi connectivity index (χ0v) is 10.5. The highest BCUT2D eigenvalue weighted by Crippen LogP contribution is 2.69. The third-order valence-electron chi connectivity index (χ3n) is 1.95. The summed E-state index contributed by atoms with van der Waals surface area (Å²) in [7, 11) is -11.1. The van der Waals surface area contributed by atoms with Gasteiger partial charge >= 0.3 is 20.3 Å². The van der Waals surface area contributed by atoms with Crippen LogP contribution in [-0.2, 0) is 9.13 Å². The second-order valence-corrected chi connectivity index (χ2v) is 7.28. The van der Waals surface area contributed by atoms with E-state index in [1.54, 1.807) is 0 Å². The summed E-state index contributed by atoms with van der Waals surface area (Å²) in [6.45, 7) is 0.986. The molecule has 0 aromatic heterocycles. The van der Waals surface area contributed by atoms with Gasteiger partial charge in [0.1, 0.15) is 0 Å². The maximum absolute atomic E-state index is 13.6. The summed E-state index contributed by atoms with van der Waals surface area (Å²) in [6, 6.07) is 0. The van der Waals surface area contributed by atoms with Crippen LogP contribution in [0.4, 0.5) is 4.39 Å². The second-order valence-electron chi connectivity index (χ2n) is 3.34. The summed E-state index contributed by atoms with van der Waals surface area (Å²) in [5.74, 6) is 0. The topological polar surface area (TPSA) is 127 Å². The minimum absolute atomic E-state index is 0.224. The molecular formula is C6H16FNO6P2. The van der Waals surface area contributed by atoms with E-state index in [2.05, 4.69) is 5.32 Å². The molecule has 0 bridgehead atoms. The van der Waals surface area contributed by atoms with Crippen molar-refractivity contribution < 1.29 is 33.1 Å². The largest absolute Gasteiger partial charge is 0.376 e. The molecule has 0 aromatic rings. The SMILES string of the molecule is CCCCNCC(F)(P(=O)(O)O)P(=O)(O)O. The Morgan fingerprint density at radius 3 is 1.94 bits per heavy atom. The number of halogens is 1. The molecule has 98 valence electrons. The summed E-state index contributed by atoms with van der Waals surface area (Å²) in [6.07, 6.45) is 1.37. The lowest BCUT2D eigenvalue weighted by molar-refractivity contribution is 0.218. The molecular weight excluding hydrogens is 263 g/mol. The monoisotopic (exact) mass is 279 g/mol. The first-order valence-corrected chi connectivity index (χ1v) is 7.79. The quantitative estimate of drug-likeness (QED) is 0.336. The molecule has 0 atom stereocenters. The van der Waals surface area contributed by atoms with Gasteiger partial charge in [-0.05, 0) is 13.0 Å². The molecule has 0 unspecified atom stereocenters. The molecule has 0 fully saturated rings. The van der Waals surface area contributed by atoms with Crippen LogP contribution < -0.4 is 5.32 Å². The van der Waals surface area contributed by atoms with E-state index < -0.39 is 26.9 Å². The summed E-state index contributed by atoms with van der Waals surface area (Å²) in [5.41, 5.74) is 0. The first-order valence-electron chi connectivity index (χ1n) is 4.57. The van der Waals surface area contributed by atoms with Crippen molar-refractivity contribution in [1.82, 2.24) is 5.32 Å². The first kappa shape index (κ1) is 16.2. The van der Waals surface area contributed by atoms with Crippen LogP contribution in [0.3, 0.4) is 0 Å². The molecule has 0 aliphatic rings. The van der Waals surface area contributed by atoms with Crippen LogP contribution in [0.2, 0.25) is 0 Å². The molecule has 0 rings (SSSR count). The number of hydrogen-bond acceptors (Lipinski definition) is 3. The molecule has 0 saturated carbocycles. The predicted molar refractivity (Wildman–Crippen MR) is 55.7 cm³/mol. The molecule has 0 radical (unpaired) electrons. The van der Waals surface area contributed by atoms with Gasteiger partial charge in [0.25, 0.3) is 0 Å². The fourth-order valence-corrected chi connectivity index (χ4v) is 2.92. The number of hydrogen-bond donors (Lipinski definition) is 5. The van der Waals surface area contributed by atoms with Crippen LogP contribution in [0.1, 0.15) is 19.8 Å². The standard InChI is InChI=1S/C6H16FNO6P2/c1-2-3-4-8-5-6(7,15(9,10)11)16(12,13)14/h8H,2-5H2,1H3,(H2,9,10,11)(H2,12,13,14). The van der Waals surface area contributed by atoms with Gasteiger partial charge in [-0.15, -0.1) is 0 Å². The molecule has 0 spiro atoms. The second kappa shape index (κ2) is 5.69. The predicted octanol–water partition coefficient (Wildman–Crippen LogP) is 0.355. The van der Waals surface area contributed by atoms with Gasteiger partial charge in [-0.3, -0.25) is 9.13 Å². The van der Waals surface area contributed by atoms with Crippen molar-refractivity contribution >= 4 is 15.2 Å². The highest BCUT2D eigenvalue weighted by Gasteiger charge is 2.61. The van der Waals surface area contributed by atoms with Crippen molar-refractivity contribution in [3.05, 3.63) is 0 Å². The summed E-state index contributed by atoms with van der Waals surface area (Å²) >= 11 is 0. The van der Waals surface area contributed by atoms with E-state index in [0.29, 0.717) is 6.42 Å². The maximum atomic E-state index is 13.6. The van der Waals surface area contributed by atoms with Gasteiger partial charge in [0, 0.05) is 0 Å². The average molecular weight is 279 g/mol. The minimum atomic E-state index is -5.55. The zero-order valence-electron chi connectivity index (χ0n) is 8.71. The lowest BCUT2D eigenvalue weighted by atomic mass is 10.3. The van der Waals surface area contributed by atoms with E-state index in [4.69, 9.17) is 19.6 Å². The van der Waals surface area contributed by atoms with Crippen LogP contribution in [-0.4, -0.2) is 37.8 Å². The Morgan fingerprint density at radius 1 is 1.19 bits per heavy atom. The van der Waals surface area contributed by atoms with Crippen LogP contribution in [0, 0.1) is 0 Å². The molecule has 16 heavy (non-hydrogen) atoms. The molecule has 0 saturated heterocycles. The zero-order chi connectivity index (χ0) is 13.0. The molecule has 0 aromatic carbocycles. The van der Waals surface area contributed by atoms with Crippen LogP contribution in [0.5, 0.6) is 0 Å². The van der Waals surface area contributed by atoms with Crippen molar-refractivity contribution in [2.24, 2.45) is 0 Å². The van der Waals surface area contributed by atoms with Crippen molar-refractivity contribution in [3.8, 4) is 0 Å². The average Bonchev–Trinajstić information content (AvgIpc) is 2.08. The molecule has 0 aliphatic carbocycles. The van der Waals surface area contributed by atoms with Gasteiger partial charge < -0.3 is 24.9 Å². The highest BCUT2D eigenvalue weighted by molar-refractivity contribution is 7.72. The smallest absolute Gasteiger partial charge is 0.322 e. The third kappa shape index (κ3) is 3.89. The van der Waals surface area contributed by atoms with Gasteiger partial charge in [0.05, 0.1) is 6.54 Å². The highest BCUT2D eigenvalue weighted by atomic mass is 31.2. The Balaban J connectivity index is 4.73. The van der Waals surface area contributed by atoms with Crippen molar-refractivity contribution in [2.45, 2.75) is 24.9 Å². The van der Waals surface area contributed by atoms with Gasteiger partial charge in [-0.25, -0.2) is 4.39 Å². The summed E-state index contributed by atoms with van der Waals surface area (Å²) < 4.78 is 35.1. The Hall–Kier alpha value is 0.190. The fraction of sp³-hybridized carbons (Fsp3) is 1.00. The molecule has 0 heterocycles. The van der Waals surface area contributed by atoms with E-state index in [1.165, 1.54) is 0 Å². The van der Waals surface area contributed by atoms with Crippen LogP contribution >= 0.6 is 15.2 Å². The normalized spacial score (nSPS) is 14.1. The van der Waals surface area contributed by atoms with E-state index in [0.717, 1.165) is 6.42 Å². The van der Waals surface area contributed by atoms with Crippen LogP contribution in [0.15, 0.2) is 0 Å². The molecule has 0 aliphatic heterocycles. The fourth-order valence-electron chi connectivity index (χ4n) is 0.925. The van der Waals surface area contributed by atoms with Crippen molar-refractivity contribution in [1.29, 1.82) is 0 Å². The molecule has 5 N–H and O–H groups in total. The molecule has 0 amide bonds. The van der Waals surface area contributed by atoms with E-state index >= 15 is 0 Å². The number of unbranched alkanes of at least 4 members (excludes halogenated alkanes) is 1. The van der Waals surface area contributed by atoms with Gasteiger partial charge in [-0.2, -0.15) is 0 Å². The van der Waals surface area contributed by atoms with Crippen LogP contribution in [0.25, 0.3) is 0 Å². The number of nitrogens with one attached hydrogen (secondary N) is 1. The van der Waals surface area contributed by atoms with Gasteiger partial charge in [0.15, 0.2) is 0 Å². The lowest BCUT2D eigenvalue weighted by Crippen LogP contribution is -2.36. The van der Waals surface area contributed by atoms with E-state index in [1.807, 2.05) is 6.92 Å². The maximum Gasteiger partial charge on any atom is 0.376 e. The first-order chi connectivity index (χ1) is 7.06. The van der Waals surface area contributed by atoms with Gasteiger partial charge in [0.2, 0.25) is 0 Å². The van der Waals surface area contributed by atoms with E-state index in [-0.39, 0.29) is 6.54 Å². The Morgan fingerprint density at radius 2 is 1.62 bits per heavy atom. The van der Waals surface area contributed by atoms with Crippen molar-refractivity contribution in [2.75, 3.05) is 13.1 Å². The molecule has 10 heteroatoms. The van der Waals surface area contributed by atoms with Gasteiger partial charge in [-0.1, -0.05) is 13.3 Å². The number of alkyl halides is 1. The summed E-state index contributed by atoms with van der Waals surface area (Å²) in [5, 5.41) is -1.57. The Bertz CT molecular complexity index is 290. The number of rotatable bonds is 7. The Labute approximate surface area is 92.4 Å². The third-order valence-corrected chi connectivity index (χ3v) is 5.61. The Kier molecular flexibility index (Phi) is 5.76. The molecule has 7 nitrogen and oxygen atoms in total. The lowest BCUT2D eigenvalue weighted by Gasteiger charge is -2.26. The minimum Gasteiger partial charge on any atom is -0.322 e. The van der Waals surface area contributed by atoms with Crippen molar-refractivity contribution in [3.63, 3.8) is 0 Å².